The van der Waals surface area contributed by atoms with Gasteiger partial charge in [0.05, 0.1) is 12.6 Å². The van der Waals surface area contributed by atoms with Crippen molar-refractivity contribution in [1.82, 2.24) is 9.80 Å². The molecule has 22 heavy (non-hydrogen) atoms. The molecule has 0 radical (unpaired) electrons. The standard InChI is InChI=1S/C17H26N2O3/c1-13(2)10-19-11-15(19)12-22-16-6-4-5-14(9-16)17(21)18(3)7-8-20/h4-6,9,13,15,20H,7-8,10-12H2,1-3H3. The van der Waals surface area contributed by atoms with E-state index in [1.165, 1.54) is 4.90 Å². The van der Waals surface area contributed by atoms with Crippen molar-refractivity contribution in [2.24, 2.45) is 5.92 Å². The number of hydrogen-bond acceptors (Lipinski definition) is 4. The van der Waals surface area contributed by atoms with Crippen LogP contribution in [0.4, 0.5) is 0 Å². The molecule has 1 saturated heterocycles. The van der Waals surface area contributed by atoms with Gasteiger partial charge in [0.1, 0.15) is 12.4 Å². The average Bonchev–Trinajstić information content (AvgIpc) is 3.22. The Balaban J connectivity index is 1.86. The molecule has 5 heteroatoms. The zero-order valence-corrected chi connectivity index (χ0v) is 13.7. The summed E-state index contributed by atoms with van der Waals surface area (Å²) in [7, 11) is 1.68. The van der Waals surface area contributed by atoms with Gasteiger partial charge in [-0.25, -0.2) is 0 Å². The van der Waals surface area contributed by atoms with Crippen molar-refractivity contribution < 1.29 is 14.6 Å². The maximum absolute atomic E-state index is 12.2. The lowest BCUT2D eigenvalue weighted by Crippen LogP contribution is -2.29. The van der Waals surface area contributed by atoms with Gasteiger partial charge in [0.25, 0.3) is 5.91 Å². The van der Waals surface area contributed by atoms with Crippen LogP contribution in [0.1, 0.15) is 24.2 Å². The van der Waals surface area contributed by atoms with Gasteiger partial charge in [0.15, 0.2) is 0 Å². The van der Waals surface area contributed by atoms with E-state index in [0.717, 1.165) is 18.8 Å². The molecule has 1 N–H and O–H groups in total. The van der Waals surface area contributed by atoms with Crippen LogP contribution in [0.2, 0.25) is 0 Å². The highest BCUT2D eigenvalue weighted by molar-refractivity contribution is 5.94. The van der Waals surface area contributed by atoms with Gasteiger partial charge in [0, 0.05) is 32.2 Å². The Morgan fingerprint density at radius 3 is 2.95 bits per heavy atom. The highest BCUT2D eigenvalue weighted by Crippen LogP contribution is 2.21. The minimum atomic E-state index is -0.104. The zero-order valence-electron chi connectivity index (χ0n) is 13.7. The van der Waals surface area contributed by atoms with Crippen LogP contribution in [-0.4, -0.2) is 66.8 Å². The molecule has 0 aromatic heterocycles. The van der Waals surface area contributed by atoms with Gasteiger partial charge >= 0.3 is 0 Å². The zero-order chi connectivity index (χ0) is 16.1. The van der Waals surface area contributed by atoms with E-state index >= 15 is 0 Å². The quantitative estimate of drug-likeness (QED) is 0.739. The first kappa shape index (κ1) is 16.8. The van der Waals surface area contributed by atoms with E-state index in [-0.39, 0.29) is 12.5 Å². The summed E-state index contributed by atoms with van der Waals surface area (Å²) in [6, 6.07) is 7.74. The number of nitrogens with zero attached hydrogens (tertiary/aromatic N) is 2. The molecule has 5 nitrogen and oxygen atoms in total. The molecule has 2 unspecified atom stereocenters. The normalized spacial score (nSPS) is 20.0. The van der Waals surface area contributed by atoms with Crippen molar-refractivity contribution >= 4 is 5.91 Å². The third-order valence-electron chi connectivity index (χ3n) is 3.73. The molecule has 0 aliphatic carbocycles. The van der Waals surface area contributed by atoms with Gasteiger partial charge in [-0.15, -0.1) is 0 Å². The van der Waals surface area contributed by atoms with Gasteiger partial charge in [-0.05, 0) is 24.1 Å². The van der Waals surface area contributed by atoms with Gasteiger partial charge in [-0.3, -0.25) is 9.69 Å². The number of rotatable bonds is 8. The summed E-state index contributed by atoms with van der Waals surface area (Å²) < 4.78 is 5.81. The number of ether oxygens (including phenoxy) is 1. The molecular weight excluding hydrogens is 280 g/mol. The number of likely N-dealkylation sites (N-methyl/N-ethyl adjacent to an activating group) is 1. The van der Waals surface area contributed by atoms with Gasteiger partial charge < -0.3 is 14.7 Å². The van der Waals surface area contributed by atoms with Crippen molar-refractivity contribution in [1.29, 1.82) is 0 Å². The first-order chi connectivity index (χ1) is 10.5. The number of hydrogen-bond donors (Lipinski definition) is 1. The molecule has 1 aliphatic heterocycles. The van der Waals surface area contributed by atoms with Crippen molar-refractivity contribution in [3.8, 4) is 5.75 Å². The van der Waals surface area contributed by atoms with Crippen LogP contribution < -0.4 is 4.74 Å². The molecule has 0 spiro atoms. The second kappa shape index (κ2) is 7.61. The third kappa shape index (κ3) is 4.71. The summed E-state index contributed by atoms with van der Waals surface area (Å²) in [6.07, 6.45) is 0. The van der Waals surface area contributed by atoms with Crippen LogP contribution in [0, 0.1) is 5.92 Å². The van der Waals surface area contributed by atoms with Crippen LogP contribution in [0.3, 0.4) is 0 Å². The van der Waals surface area contributed by atoms with E-state index in [0.29, 0.717) is 30.7 Å². The van der Waals surface area contributed by atoms with Crippen molar-refractivity contribution in [2.75, 3.05) is 39.9 Å². The molecule has 1 heterocycles. The van der Waals surface area contributed by atoms with Crippen molar-refractivity contribution in [3.05, 3.63) is 29.8 Å². The number of carbonyl (C=O) groups is 1. The Morgan fingerprint density at radius 2 is 2.27 bits per heavy atom. The molecule has 2 atom stereocenters. The lowest BCUT2D eigenvalue weighted by Gasteiger charge is -2.16. The fraction of sp³-hybridized carbons (Fsp3) is 0.588. The van der Waals surface area contributed by atoms with E-state index in [1.807, 2.05) is 12.1 Å². The first-order valence-corrected chi connectivity index (χ1v) is 7.84. The minimum absolute atomic E-state index is 0.0359. The Bertz CT molecular complexity index is 504. The molecule has 1 aromatic carbocycles. The monoisotopic (exact) mass is 306 g/mol. The predicted octanol–water partition coefficient (Wildman–Crippen LogP) is 1.47. The Hall–Kier alpha value is -1.59. The van der Waals surface area contributed by atoms with E-state index in [4.69, 9.17) is 9.84 Å². The number of aliphatic hydroxyl groups excluding tert-OH is 1. The van der Waals surface area contributed by atoms with Crippen LogP contribution >= 0.6 is 0 Å². The maximum Gasteiger partial charge on any atom is 0.253 e. The third-order valence-corrected chi connectivity index (χ3v) is 3.73. The summed E-state index contributed by atoms with van der Waals surface area (Å²) in [6.45, 7) is 7.59. The number of aliphatic hydroxyl groups is 1. The maximum atomic E-state index is 12.2. The minimum Gasteiger partial charge on any atom is -0.492 e. The smallest absolute Gasteiger partial charge is 0.253 e. The van der Waals surface area contributed by atoms with Gasteiger partial charge in [-0.1, -0.05) is 19.9 Å². The van der Waals surface area contributed by atoms with Crippen LogP contribution in [-0.2, 0) is 0 Å². The number of carbonyl (C=O) groups excluding carboxylic acids is 1. The second-order valence-corrected chi connectivity index (χ2v) is 6.29. The number of amides is 1. The van der Waals surface area contributed by atoms with Crippen LogP contribution in [0.15, 0.2) is 24.3 Å². The lowest BCUT2D eigenvalue weighted by molar-refractivity contribution is 0.0766. The summed E-state index contributed by atoms with van der Waals surface area (Å²) in [5.41, 5.74) is 0.586. The summed E-state index contributed by atoms with van der Waals surface area (Å²) in [5, 5.41) is 8.90. The average molecular weight is 306 g/mol. The summed E-state index contributed by atoms with van der Waals surface area (Å²) >= 11 is 0. The SMILES string of the molecule is CC(C)CN1CC1COc1cccc(C(=O)N(C)CCO)c1. The Morgan fingerprint density at radius 1 is 1.50 bits per heavy atom. The Labute approximate surface area is 132 Å². The molecule has 1 aromatic rings. The topological polar surface area (TPSA) is 52.8 Å². The van der Waals surface area contributed by atoms with E-state index in [2.05, 4.69) is 18.7 Å². The summed E-state index contributed by atoms with van der Waals surface area (Å²) in [5.74, 6) is 1.29. The highest BCUT2D eigenvalue weighted by atomic mass is 16.5. The molecule has 0 saturated carbocycles. The van der Waals surface area contributed by atoms with Gasteiger partial charge in [0.2, 0.25) is 0 Å². The van der Waals surface area contributed by atoms with Gasteiger partial charge in [-0.2, -0.15) is 0 Å². The molecule has 1 amide bonds. The number of benzene rings is 1. The molecule has 1 fully saturated rings. The van der Waals surface area contributed by atoms with Crippen LogP contribution in [0.5, 0.6) is 5.75 Å². The first-order valence-electron chi connectivity index (χ1n) is 7.84. The molecule has 1 aliphatic rings. The lowest BCUT2D eigenvalue weighted by atomic mass is 10.2. The van der Waals surface area contributed by atoms with E-state index in [9.17, 15) is 4.79 Å². The van der Waals surface area contributed by atoms with E-state index < -0.39 is 0 Å². The molecule has 122 valence electrons. The van der Waals surface area contributed by atoms with E-state index in [1.54, 1.807) is 19.2 Å². The van der Waals surface area contributed by atoms with Crippen molar-refractivity contribution in [3.63, 3.8) is 0 Å². The second-order valence-electron chi connectivity index (χ2n) is 6.29. The largest absolute Gasteiger partial charge is 0.492 e. The molecular formula is C17H26N2O3. The van der Waals surface area contributed by atoms with Crippen molar-refractivity contribution in [2.45, 2.75) is 19.9 Å². The molecule has 0 bridgehead atoms. The fourth-order valence-electron chi connectivity index (χ4n) is 2.46. The predicted molar refractivity (Wildman–Crippen MR) is 86.2 cm³/mol. The van der Waals surface area contributed by atoms with Crippen LogP contribution in [0.25, 0.3) is 0 Å². The summed E-state index contributed by atoms with van der Waals surface area (Å²) in [4.78, 5) is 16.1. The molecule has 2 rings (SSSR count). The highest BCUT2D eigenvalue weighted by Gasteiger charge is 2.34. The Kier molecular flexibility index (Phi) is 5.80. The fourth-order valence-corrected chi connectivity index (χ4v) is 2.46.